The smallest absolute Gasteiger partial charge is 0.0786 e. The lowest BCUT2D eigenvalue weighted by atomic mass is 10.0. The normalized spacial score (nSPS) is 11.7. The minimum atomic E-state index is 0. The summed E-state index contributed by atoms with van der Waals surface area (Å²) in [4.78, 5) is 0. The van der Waals surface area contributed by atoms with Gasteiger partial charge in [-0.1, -0.05) is 175 Å². The Hall–Kier alpha value is 0.690. The number of halogens is 1. The summed E-state index contributed by atoms with van der Waals surface area (Å²) in [7, 11) is 0. The molecule has 0 fully saturated rings. The zero-order valence-electron chi connectivity index (χ0n) is 28.9. The van der Waals surface area contributed by atoms with Crippen LogP contribution in [0.3, 0.4) is 0 Å². The van der Waals surface area contributed by atoms with Crippen molar-refractivity contribution in [2.75, 3.05) is 26.2 Å². The predicted molar refractivity (Wildman–Crippen MR) is 181 cm³/mol. The van der Waals surface area contributed by atoms with Gasteiger partial charge in [-0.05, 0) is 45.4 Å². The van der Waals surface area contributed by atoms with Crippen molar-refractivity contribution in [1.82, 2.24) is 0 Å². The molecule has 0 aromatic rings. The van der Waals surface area contributed by atoms with Gasteiger partial charge in [0.05, 0.1) is 26.2 Å². The first-order valence-corrected chi connectivity index (χ1v) is 19.1. The monoisotopic (exact) mass is 678 g/mol. The van der Waals surface area contributed by atoms with Crippen LogP contribution in [0.4, 0.5) is 0 Å². The molecule has 0 unspecified atom stereocenters. The van der Waals surface area contributed by atoms with Gasteiger partial charge in [-0.3, -0.25) is 0 Å². The molecule has 0 aliphatic heterocycles. The van der Waals surface area contributed by atoms with Crippen molar-refractivity contribution in [2.24, 2.45) is 0 Å². The highest BCUT2D eigenvalue weighted by Crippen LogP contribution is 2.19. The van der Waals surface area contributed by atoms with E-state index < -0.39 is 0 Å². The molecule has 0 aliphatic rings. The van der Waals surface area contributed by atoms with Crippen LogP contribution >= 0.6 is 0 Å². The molecule has 0 heterocycles. The van der Waals surface area contributed by atoms with Crippen molar-refractivity contribution in [3.05, 3.63) is 0 Å². The van der Waals surface area contributed by atoms with E-state index in [0.29, 0.717) is 0 Å². The maximum atomic E-state index is 2.50. The summed E-state index contributed by atoms with van der Waals surface area (Å²) in [6.45, 7) is 15.2. The summed E-state index contributed by atoms with van der Waals surface area (Å²) in [5, 5.41) is 0. The highest BCUT2D eigenvalue weighted by atomic mass is 127. The Bertz CT molecular complexity index is 377. The third kappa shape index (κ3) is 30.2. The SMILES string of the molecule is CCCCCCCCCCCC[N+](CC)(CCCCCCCCCCCC)CCCCCCCCCCCC.[I-]. The fourth-order valence-corrected chi connectivity index (χ4v) is 6.61. The highest BCUT2D eigenvalue weighted by molar-refractivity contribution is 4.54. The summed E-state index contributed by atoms with van der Waals surface area (Å²) >= 11 is 0. The lowest BCUT2D eigenvalue weighted by Crippen LogP contribution is -3.00. The van der Waals surface area contributed by atoms with E-state index in [2.05, 4.69) is 27.7 Å². The maximum absolute atomic E-state index is 2.50. The van der Waals surface area contributed by atoms with Crippen LogP contribution in [0.15, 0.2) is 0 Å². The number of quaternary nitrogens is 1. The molecule has 0 N–H and O–H groups in total. The van der Waals surface area contributed by atoms with Crippen LogP contribution < -0.4 is 24.0 Å². The molecule has 40 heavy (non-hydrogen) atoms. The molecule has 0 aromatic carbocycles. The Morgan fingerprint density at radius 1 is 0.250 bits per heavy atom. The molecule has 0 saturated heterocycles. The zero-order valence-corrected chi connectivity index (χ0v) is 31.0. The average molecular weight is 678 g/mol. The molecular formula is C38H80IN. The van der Waals surface area contributed by atoms with E-state index in [-0.39, 0.29) is 24.0 Å². The van der Waals surface area contributed by atoms with Crippen LogP contribution in [-0.2, 0) is 0 Å². The summed E-state index contributed by atoms with van der Waals surface area (Å²) in [6.07, 6.45) is 43.8. The Labute approximate surface area is 273 Å². The predicted octanol–water partition coefficient (Wildman–Crippen LogP) is 10.6. The zero-order chi connectivity index (χ0) is 28.5. The molecule has 0 aliphatic carbocycles. The van der Waals surface area contributed by atoms with Crippen molar-refractivity contribution in [1.29, 1.82) is 0 Å². The van der Waals surface area contributed by atoms with Gasteiger partial charge in [0.25, 0.3) is 0 Å². The van der Waals surface area contributed by atoms with Gasteiger partial charge in [-0.25, -0.2) is 0 Å². The number of hydrogen-bond acceptors (Lipinski definition) is 0. The van der Waals surface area contributed by atoms with Gasteiger partial charge >= 0.3 is 0 Å². The van der Waals surface area contributed by atoms with E-state index in [9.17, 15) is 0 Å². The Morgan fingerprint density at radius 2 is 0.425 bits per heavy atom. The van der Waals surface area contributed by atoms with Gasteiger partial charge < -0.3 is 28.5 Å². The molecule has 0 saturated carbocycles. The van der Waals surface area contributed by atoms with Crippen molar-refractivity contribution in [2.45, 2.75) is 220 Å². The van der Waals surface area contributed by atoms with E-state index in [0.717, 1.165) is 0 Å². The fraction of sp³-hybridized carbons (Fsp3) is 1.00. The first-order chi connectivity index (χ1) is 19.2. The topological polar surface area (TPSA) is 0 Å². The van der Waals surface area contributed by atoms with E-state index in [1.54, 1.807) is 0 Å². The molecule has 2 heteroatoms. The summed E-state index contributed by atoms with van der Waals surface area (Å²) in [5.74, 6) is 0. The van der Waals surface area contributed by atoms with Crippen LogP contribution in [0, 0.1) is 0 Å². The number of hydrogen-bond donors (Lipinski definition) is 0. The van der Waals surface area contributed by atoms with Crippen LogP contribution in [-0.4, -0.2) is 30.7 Å². The van der Waals surface area contributed by atoms with Gasteiger partial charge in [0.1, 0.15) is 0 Å². The van der Waals surface area contributed by atoms with Crippen LogP contribution in [0.25, 0.3) is 0 Å². The second-order valence-corrected chi connectivity index (χ2v) is 13.4. The fourth-order valence-electron chi connectivity index (χ4n) is 6.61. The molecule has 0 amide bonds. The van der Waals surface area contributed by atoms with E-state index >= 15 is 0 Å². The molecule has 0 radical (unpaired) electrons. The quantitative estimate of drug-likeness (QED) is 0.0361. The third-order valence-electron chi connectivity index (χ3n) is 9.63. The molecule has 1 nitrogen and oxygen atoms in total. The van der Waals surface area contributed by atoms with Crippen molar-refractivity contribution >= 4 is 0 Å². The van der Waals surface area contributed by atoms with E-state index in [4.69, 9.17) is 0 Å². The molecule has 0 atom stereocenters. The third-order valence-corrected chi connectivity index (χ3v) is 9.63. The Balaban J connectivity index is 0. The minimum Gasteiger partial charge on any atom is -1.00 e. The van der Waals surface area contributed by atoms with Gasteiger partial charge in [0, 0.05) is 0 Å². The summed E-state index contributed by atoms with van der Waals surface area (Å²) in [6, 6.07) is 0. The molecule has 0 rings (SSSR count). The Morgan fingerprint density at radius 3 is 0.600 bits per heavy atom. The van der Waals surface area contributed by atoms with Crippen molar-refractivity contribution < 1.29 is 28.5 Å². The second kappa shape index (κ2) is 35.9. The summed E-state index contributed by atoms with van der Waals surface area (Å²) < 4.78 is 1.44. The number of rotatable bonds is 34. The lowest BCUT2D eigenvalue weighted by molar-refractivity contribution is -0.927. The second-order valence-electron chi connectivity index (χ2n) is 13.4. The highest BCUT2D eigenvalue weighted by Gasteiger charge is 2.23. The van der Waals surface area contributed by atoms with Gasteiger partial charge in [0.2, 0.25) is 0 Å². The number of unbranched alkanes of at least 4 members (excludes halogenated alkanes) is 27. The average Bonchev–Trinajstić information content (AvgIpc) is 2.95. The molecule has 244 valence electrons. The lowest BCUT2D eigenvalue weighted by Gasteiger charge is -2.38. The standard InChI is InChI=1S/C38H80N.HI/c1-5-9-12-15-18-21-24-27-30-33-36-39(8-4,37-34-31-28-25-22-19-16-13-10-6-2)38-35-32-29-26-23-20-17-14-11-7-3;/h5-38H2,1-4H3;1H/q+1;/p-1. The molecule has 0 aromatic heterocycles. The maximum Gasteiger partial charge on any atom is 0.0786 e. The van der Waals surface area contributed by atoms with Crippen molar-refractivity contribution in [3.8, 4) is 0 Å². The van der Waals surface area contributed by atoms with E-state index in [1.807, 2.05) is 0 Å². The van der Waals surface area contributed by atoms with Gasteiger partial charge in [-0.15, -0.1) is 0 Å². The largest absolute Gasteiger partial charge is 1.00 e. The first-order valence-electron chi connectivity index (χ1n) is 19.1. The van der Waals surface area contributed by atoms with Crippen LogP contribution in [0.1, 0.15) is 220 Å². The molecule has 0 bridgehead atoms. The summed E-state index contributed by atoms with van der Waals surface area (Å²) in [5.41, 5.74) is 0. The number of nitrogens with zero attached hydrogens (tertiary/aromatic N) is 1. The molecular weight excluding hydrogens is 597 g/mol. The van der Waals surface area contributed by atoms with Gasteiger partial charge in [0.15, 0.2) is 0 Å². The molecule has 0 spiro atoms. The first kappa shape index (κ1) is 42.8. The Kier molecular flexibility index (Phi) is 38.4. The van der Waals surface area contributed by atoms with Crippen LogP contribution in [0.5, 0.6) is 0 Å². The van der Waals surface area contributed by atoms with Crippen molar-refractivity contribution in [3.63, 3.8) is 0 Å². The van der Waals surface area contributed by atoms with E-state index in [1.165, 1.54) is 223 Å². The minimum absolute atomic E-state index is 0. The van der Waals surface area contributed by atoms with Crippen LogP contribution in [0.2, 0.25) is 0 Å². The van der Waals surface area contributed by atoms with Gasteiger partial charge in [-0.2, -0.15) is 0 Å².